The van der Waals surface area contributed by atoms with Gasteiger partial charge >= 0.3 is 0 Å². The summed E-state index contributed by atoms with van der Waals surface area (Å²) < 4.78 is 13.6. The number of unbranched alkanes of at least 4 members (excludes halogenated alkanes) is 1. The topological polar surface area (TPSA) is 0 Å². The number of hydrogen-bond acceptors (Lipinski definition) is 0. The zero-order valence-corrected chi connectivity index (χ0v) is 13.4. The van der Waals surface area contributed by atoms with Gasteiger partial charge in [-0.25, -0.2) is 4.39 Å². The summed E-state index contributed by atoms with van der Waals surface area (Å²) in [5, 5.41) is 0. The van der Waals surface area contributed by atoms with Gasteiger partial charge in [0, 0.05) is 0 Å². The average molecular weight is 304 g/mol. The molecule has 0 heterocycles. The molecule has 0 saturated heterocycles. The van der Waals surface area contributed by atoms with E-state index in [4.69, 9.17) is 0 Å². The highest BCUT2D eigenvalue weighted by molar-refractivity contribution is 5.83. The van der Waals surface area contributed by atoms with Gasteiger partial charge in [0.05, 0.1) is 0 Å². The smallest absolute Gasteiger partial charge is 0.123 e. The predicted octanol–water partition coefficient (Wildman–Crippen LogP) is 6.50. The van der Waals surface area contributed by atoms with Crippen LogP contribution in [0.3, 0.4) is 0 Å². The first-order valence-corrected chi connectivity index (χ1v) is 8.22. The number of hydrogen-bond donors (Lipinski definition) is 0. The molecule has 0 nitrogen and oxygen atoms in total. The van der Waals surface area contributed by atoms with E-state index in [2.05, 4.69) is 43.3 Å². The van der Waals surface area contributed by atoms with E-state index in [0.29, 0.717) is 0 Å². The molecule has 23 heavy (non-hydrogen) atoms. The second-order valence-electron chi connectivity index (χ2n) is 5.86. The standard InChI is InChI=1S/C22H21F/c1-2-3-8-17-9-6-10-18(15-17)21-13-4-5-14-22(21)19-11-7-12-20(23)16-19/h4-7,9-16H,2-3,8H2,1H3. The van der Waals surface area contributed by atoms with Crippen LogP contribution in [0.15, 0.2) is 72.8 Å². The molecule has 0 radical (unpaired) electrons. The molecule has 0 aliphatic rings. The molecule has 116 valence electrons. The van der Waals surface area contributed by atoms with Gasteiger partial charge in [-0.1, -0.05) is 74.0 Å². The van der Waals surface area contributed by atoms with Gasteiger partial charge in [0.1, 0.15) is 5.82 Å². The normalized spacial score (nSPS) is 10.7. The summed E-state index contributed by atoms with van der Waals surface area (Å²) in [4.78, 5) is 0. The molecule has 0 N–H and O–H groups in total. The lowest BCUT2D eigenvalue weighted by molar-refractivity contribution is 0.628. The van der Waals surface area contributed by atoms with Crippen molar-refractivity contribution in [2.75, 3.05) is 0 Å². The average Bonchev–Trinajstić information content (AvgIpc) is 2.60. The highest BCUT2D eigenvalue weighted by atomic mass is 19.1. The largest absolute Gasteiger partial charge is 0.207 e. The van der Waals surface area contributed by atoms with Crippen LogP contribution in [0.1, 0.15) is 25.3 Å². The van der Waals surface area contributed by atoms with Crippen molar-refractivity contribution >= 4 is 0 Å². The third kappa shape index (κ3) is 3.68. The maximum atomic E-state index is 13.6. The molecule has 0 unspecified atom stereocenters. The lowest BCUT2D eigenvalue weighted by Crippen LogP contribution is -1.89. The van der Waals surface area contributed by atoms with Gasteiger partial charge in [-0.05, 0) is 52.8 Å². The van der Waals surface area contributed by atoms with Gasteiger partial charge in [-0.3, -0.25) is 0 Å². The molecule has 3 rings (SSSR count). The van der Waals surface area contributed by atoms with E-state index in [1.165, 1.54) is 30.0 Å². The van der Waals surface area contributed by atoms with Crippen LogP contribution < -0.4 is 0 Å². The molecule has 0 fully saturated rings. The van der Waals surface area contributed by atoms with Gasteiger partial charge in [-0.2, -0.15) is 0 Å². The van der Waals surface area contributed by atoms with Crippen LogP contribution in [-0.2, 0) is 6.42 Å². The van der Waals surface area contributed by atoms with Crippen molar-refractivity contribution in [3.05, 3.63) is 84.2 Å². The van der Waals surface area contributed by atoms with Gasteiger partial charge in [-0.15, -0.1) is 0 Å². The second-order valence-corrected chi connectivity index (χ2v) is 5.86. The fraction of sp³-hybridized carbons (Fsp3) is 0.182. The summed E-state index contributed by atoms with van der Waals surface area (Å²) in [7, 11) is 0. The molecule has 0 aliphatic heterocycles. The van der Waals surface area contributed by atoms with Crippen molar-refractivity contribution in [2.45, 2.75) is 26.2 Å². The van der Waals surface area contributed by atoms with E-state index in [-0.39, 0.29) is 5.82 Å². The summed E-state index contributed by atoms with van der Waals surface area (Å²) in [5.74, 6) is -0.200. The Kier molecular flexibility index (Phi) is 4.87. The Morgan fingerprint density at radius 2 is 1.39 bits per heavy atom. The number of benzene rings is 3. The summed E-state index contributed by atoms with van der Waals surface area (Å²) in [5.41, 5.74) is 5.69. The highest BCUT2D eigenvalue weighted by Crippen LogP contribution is 2.32. The van der Waals surface area contributed by atoms with E-state index in [0.717, 1.165) is 23.1 Å². The Morgan fingerprint density at radius 3 is 2.04 bits per heavy atom. The Hall–Kier alpha value is -2.41. The molecular weight excluding hydrogens is 283 g/mol. The molecule has 0 bridgehead atoms. The third-order valence-electron chi connectivity index (χ3n) is 4.12. The van der Waals surface area contributed by atoms with Crippen LogP contribution in [0.4, 0.5) is 4.39 Å². The molecule has 0 amide bonds. The van der Waals surface area contributed by atoms with Crippen LogP contribution in [-0.4, -0.2) is 0 Å². The van der Waals surface area contributed by atoms with Crippen molar-refractivity contribution in [1.29, 1.82) is 0 Å². The number of aryl methyl sites for hydroxylation is 1. The fourth-order valence-corrected chi connectivity index (χ4v) is 2.92. The van der Waals surface area contributed by atoms with Crippen molar-refractivity contribution in [3.8, 4) is 22.3 Å². The van der Waals surface area contributed by atoms with Gasteiger partial charge in [0.15, 0.2) is 0 Å². The van der Waals surface area contributed by atoms with Crippen molar-refractivity contribution in [2.24, 2.45) is 0 Å². The van der Waals surface area contributed by atoms with Crippen molar-refractivity contribution in [3.63, 3.8) is 0 Å². The molecule has 3 aromatic rings. The molecule has 3 aromatic carbocycles. The van der Waals surface area contributed by atoms with E-state index in [9.17, 15) is 4.39 Å². The van der Waals surface area contributed by atoms with E-state index >= 15 is 0 Å². The van der Waals surface area contributed by atoms with Crippen LogP contribution in [0.25, 0.3) is 22.3 Å². The highest BCUT2D eigenvalue weighted by Gasteiger charge is 2.08. The summed E-state index contributed by atoms with van der Waals surface area (Å²) >= 11 is 0. The predicted molar refractivity (Wildman–Crippen MR) is 95.9 cm³/mol. The Bertz CT molecular complexity index is 789. The lowest BCUT2D eigenvalue weighted by Gasteiger charge is -2.11. The monoisotopic (exact) mass is 304 g/mol. The lowest BCUT2D eigenvalue weighted by atomic mass is 9.93. The molecule has 0 spiro atoms. The van der Waals surface area contributed by atoms with E-state index in [1.807, 2.05) is 18.2 Å². The zero-order chi connectivity index (χ0) is 16.1. The zero-order valence-electron chi connectivity index (χ0n) is 13.4. The Balaban J connectivity index is 2.04. The summed E-state index contributed by atoms with van der Waals surface area (Å²) in [6, 6.07) is 23.7. The van der Waals surface area contributed by atoms with Crippen LogP contribution in [0.5, 0.6) is 0 Å². The van der Waals surface area contributed by atoms with Gasteiger partial charge < -0.3 is 0 Å². The van der Waals surface area contributed by atoms with Crippen LogP contribution in [0, 0.1) is 5.82 Å². The molecule has 0 atom stereocenters. The molecule has 0 aliphatic carbocycles. The minimum absolute atomic E-state index is 0.200. The maximum absolute atomic E-state index is 13.6. The first-order valence-electron chi connectivity index (χ1n) is 8.22. The molecule has 1 heteroatoms. The van der Waals surface area contributed by atoms with Crippen molar-refractivity contribution in [1.82, 2.24) is 0 Å². The van der Waals surface area contributed by atoms with E-state index in [1.54, 1.807) is 12.1 Å². The molecule has 0 aromatic heterocycles. The first kappa shape index (κ1) is 15.5. The number of halogens is 1. The fourth-order valence-electron chi connectivity index (χ4n) is 2.92. The van der Waals surface area contributed by atoms with Gasteiger partial charge in [0.25, 0.3) is 0 Å². The van der Waals surface area contributed by atoms with Crippen molar-refractivity contribution < 1.29 is 4.39 Å². The third-order valence-corrected chi connectivity index (χ3v) is 4.12. The maximum Gasteiger partial charge on any atom is 0.123 e. The van der Waals surface area contributed by atoms with Crippen LogP contribution >= 0.6 is 0 Å². The minimum atomic E-state index is -0.200. The summed E-state index contributed by atoms with van der Waals surface area (Å²) in [6.07, 6.45) is 3.51. The number of rotatable bonds is 5. The van der Waals surface area contributed by atoms with Gasteiger partial charge in [0.2, 0.25) is 0 Å². The van der Waals surface area contributed by atoms with E-state index < -0.39 is 0 Å². The molecular formula is C22H21F. The minimum Gasteiger partial charge on any atom is -0.207 e. The summed E-state index contributed by atoms with van der Waals surface area (Å²) in [6.45, 7) is 2.21. The second kappa shape index (κ2) is 7.23. The Labute approximate surface area is 137 Å². The molecule has 0 saturated carbocycles. The SMILES string of the molecule is CCCCc1cccc(-c2ccccc2-c2cccc(F)c2)c1. The quantitative estimate of drug-likeness (QED) is 0.504. The van der Waals surface area contributed by atoms with Crippen LogP contribution in [0.2, 0.25) is 0 Å². The first-order chi connectivity index (χ1) is 11.3. The Morgan fingerprint density at radius 1 is 0.739 bits per heavy atom.